The third kappa shape index (κ3) is 2.04. The van der Waals surface area contributed by atoms with E-state index in [1.165, 1.54) is 0 Å². The van der Waals surface area contributed by atoms with Crippen molar-refractivity contribution in [2.45, 2.75) is 19.4 Å². The maximum atomic E-state index is 12.1. The molecule has 0 fully saturated rings. The number of para-hydroxylation sites is 1. The van der Waals surface area contributed by atoms with Gasteiger partial charge in [-0.15, -0.1) is 11.6 Å². The Bertz CT molecular complexity index is 821. The number of nitrogen functional groups attached to an aromatic ring is 1. The number of H-pyrrole nitrogens is 1. The number of fused-ring (bicyclic) bond motifs is 3. The summed E-state index contributed by atoms with van der Waals surface area (Å²) < 4.78 is 1.72. The fraction of sp³-hybridized carbons (Fsp3) is 0.286. The minimum absolute atomic E-state index is 0.153. The van der Waals surface area contributed by atoms with Crippen LogP contribution in [0.15, 0.2) is 29.1 Å². The lowest BCUT2D eigenvalue weighted by atomic mass is 10.2. The van der Waals surface area contributed by atoms with E-state index in [9.17, 15) is 4.79 Å². The summed E-state index contributed by atoms with van der Waals surface area (Å²) in [6.45, 7) is 0.624. The van der Waals surface area contributed by atoms with Crippen molar-refractivity contribution in [3.63, 3.8) is 0 Å². The summed E-state index contributed by atoms with van der Waals surface area (Å²) in [5.41, 5.74) is 8.02. The number of alkyl halides is 1. The van der Waals surface area contributed by atoms with Crippen molar-refractivity contribution in [2.24, 2.45) is 0 Å². The fourth-order valence-corrected chi connectivity index (χ4v) is 2.66. The van der Waals surface area contributed by atoms with Crippen LogP contribution >= 0.6 is 11.6 Å². The Kier molecular flexibility index (Phi) is 3.36. The van der Waals surface area contributed by atoms with E-state index in [0.717, 1.165) is 29.3 Å². The number of hydrogen-bond acceptors (Lipinski definition) is 3. The topological polar surface area (TPSA) is 76.7 Å². The second kappa shape index (κ2) is 5.17. The van der Waals surface area contributed by atoms with Crippen molar-refractivity contribution in [3.8, 4) is 0 Å². The fourth-order valence-electron chi connectivity index (χ4n) is 2.47. The van der Waals surface area contributed by atoms with Crippen LogP contribution in [0.1, 0.15) is 12.8 Å². The van der Waals surface area contributed by atoms with Crippen molar-refractivity contribution in [2.75, 3.05) is 11.6 Å². The molecule has 0 aliphatic heterocycles. The van der Waals surface area contributed by atoms with Gasteiger partial charge in [-0.05, 0) is 18.9 Å². The highest BCUT2D eigenvalue weighted by Crippen LogP contribution is 2.25. The van der Waals surface area contributed by atoms with Crippen molar-refractivity contribution >= 4 is 39.4 Å². The zero-order chi connectivity index (χ0) is 14.1. The molecule has 0 spiro atoms. The lowest BCUT2D eigenvalue weighted by Gasteiger charge is -2.06. The maximum Gasteiger partial charge on any atom is 0.326 e. The van der Waals surface area contributed by atoms with Gasteiger partial charge in [0.2, 0.25) is 0 Å². The molecule has 3 aromatic rings. The van der Waals surface area contributed by atoms with Crippen LogP contribution in [0.25, 0.3) is 21.9 Å². The standard InChI is InChI=1S/C14H15ClN4O/c15-7-3-4-8-19-12-9-5-1-2-6-10(9)17-13(16)11(12)18-14(19)20/h1-2,5-6H,3-4,7-8H2,(H2,16,17)(H,18,20). The zero-order valence-corrected chi connectivity index (χ0v) is 11.7. The molecule has 0 saturated carbocycles. The number of anilines is 1. The van der Waals surface area contributed by atoms with E-state index in [1.807, 2.05) is 24.3 Å². The summed E-state index contributed by atoms with van der Waals surface area (Å²) in [6, 6.07) is 7.69. The number of halogens is 1. The molecule has 0 bridgehead atoms. The van der Waals surface area contributed by atoms with Crippen LogP contribution in [-0.4, -0.2) is 20.4 Å². The van der Waals surface area contributed by atoms with E-state index in [2.05, 4.69) is 9.97 Å². The monoisotopic (exact) mass is 290 g/mol. The van der Waals surface area contributed by atoms with Crippen molar-refractivity contribution < 1.29 is 0 Å². The number of nitrogens with zero attached hydrogens (tertiary/aromatic N) is 2. The average molecular weight is 291 g/mol. The van der Waals surface area contributed by atoms with Gasteiger partial charge in [-0.2, -0.15) is 0 Å². The SMILES string of the molecule is Nc1nc2ccccc2c2c1[nH]c(=O)n2CCCCCl. The number of pyridine rings is 1. The summed E-state index contributed by atoms with van der Waals surface area (Å²) >= 11 is 5.69. The minimum Gasteiger partial charge on any atom is -0.382 e. The highest BCUT2D eigenvalue weighted by atomic mass is 35.5. The van der Waals surface area contributed by atoms with Gasteiger partial charge in [-0.25, -0.2) is 9.78 Å². The average Bonchev–Trinajstić information content (AvgIpc) is 2.78. The number of aryl methyl sites for hydroxylation is 1. The number of unbranched alkanes of at least 4 members (excludes halogenated alkanes) is 1. The van der Waals surface area contributed by atoms with E-state index in [1.54, 1.807) is 4.57 Å². The molecular weight excluding hydrogens is 276 g/mol. The highest BCUT2D eigenvalue weighted by Gasteiger charge is 2.13. The van der Waals surface area contributed by atoms with Crippen molar-refractivity contribution in [1.29, 1.82) is 0 Å². The van der Waals surface area contributed by atoms with Crippen LogP contribution < -0.4 is 11.4 Å². The molecule has 5 nitrogen and oxygen atoms in total. The van der Waals surface area contributed by atoms with Crippen LogP contribution in [0.4, 0.5) is 5.82 Å². The van der Waals surface area contributed by atoms with Gasteiger partial charge in [0.05, 0.1) is 11.0 Å². The second-order valence-corrected chi connectivity index (χ2v) is 5.09. The predicted octanol–water partition coefficient (Wildman–Crippen LogP) is 2.48. The molecule has 2 aromatic heterocycles. The van der Waals surface area contributed by atoms with Crippen LogP contribution in [0.3, 0.4) is 0 Å². The Morgan fingerprint density at radius 1 is 1.30 bits per heavy atom. The largest absolute Gasteiger partial charge is 0.382 e. The Balaban J connectivity index is 2.28. The molecule has 0 amide bonds. The van der Waals surface area contributed by atoms with Crippen molar-refractivity contribution in [3.05, 3.63) is 34.7 Å². The van der Waals surface area contributed by atoms with Gasteiger partial charge in [0.25, 0.3) is 0 Å². The van der Waals surface area contributed by atoms with Gasteiger partial charge in [0, 0.05) is 17.8 Å². The number of imidazole rings is 1. The third-order valence-corrected chi connectivity index (χ3v) is 3.67. The van der Waals surface area contributed by atoms with E-state index >= 15 is 0 Å². The third-order valence-electron chi connectivity index (χ3n) is 3.41. The number of nitrogens with two attached hydrogens (primary N) is 1. The van der Waals surface area contributed by atoms with E-state index in [0.29, 0.717) is 23.8 Å². The van der Waals surface area contributed by atoms with Crippen LogP contribution in [0.5, 0.6) is 0 Å². The van der Waals surface area contributed by atoms with E-state index < -0.39 is 0 Å². The molecule has 2 heterocycles. The zero-order valence-electron chi connectivity index (χ0n) is 10.9. The Morgan fingerprint density at radius 3 is 2.90 bits per heavy atom. The smallest absolute Gasteiger partial charge is 0.326 e. The van der Waals surface area contributed by atoms with Crippen LogP contribution in [0, 0.1) is 0 Å². The second-order valence-electron chi connectivity index (χ2n) is 4.72. The Morgan fingerprint density at radius 2 is 2.10 bits per heavy atom. The first-order chi connectivity index (χ1) is 9.72. The molecule has 0 radical (unpaired) electrons. The number of rotatable bonds is 4. The first-order valence-electron chi connectivity index (χ1n) is 6.55. The van der Waals surface area contributed by atoms with Gasteiger partial charge in [0.1, 0.15) is 11.3 Å². The number of aromatic amines is 1. The lowest BCUT2D eigenvalue weighted by Crippen LogP contribution is -2.16. The molecule has 104 valence electrons. The quantitative estimate of drug-likeness (QED) is 0.572. The lowest BCUT2D eigenvalue weighted by molar-refractivity contribution is 0.632. The normalized spacial score (nSPS) is 11.4. The van der Waals surface area contributed by atoms with Gasteiger partial charge in [-0.3, -0.25) is 4.57 Å². The summed E-state index contributed by atoms with van der Waals surface area (Å²) in [6.07, 6.45) is 1.73. The molecule has 3 rings (SSSR count). The minimum atomic E-state index is -0.153. The summed E-state index contributed by atoms with van der Waals surface area (Å²) in [5, 5.41) is 0.931. The Labute approximate surface area is 120 Å². The van der Waals surface area contributed by atoms with Gasteiger partial charge in [0.15, 0.2) is 0 Å². The number of nitrogens with one attached hydrogen (secondary N) is 1. The van der Waals surface area contributed by atoms with Gasteiger partial charge >= 0.3 is 5.69 Å². The molecule has 6 heteroatoms. The molecule has 0 saturated heterocycles. The Hall–Kier alpha value is -2.01. The van der Waals surface area contributed by atoms with Gasteiger partial charge in [-0.1, -0.05) is 18.2 Å². The molecule has 0 unspecified atom stereocenters. The highest BCUT2D eigenvalue weighted by molar-refractivity contribution is 6.17. The molecule has 0 aliphatic rings. The number of benzene rings is 1. The summed E-state index contributed by atoms with van der Waals surface area (Å²) in [5.74, 6) is 0.952. The predicted molar refractivity (Wildman–Crippen MR) is 82.2 cm³/mol. The summed E-state index contributed by atoms with van der Waals surface area (Å²) in [7, 11) is 0. The summed E-state index contributed by atoms with van der Waals surface area (Å²) in [4.78, 5) is 19.2. The molecule has 0 aliphatic carbocycles. The van der Waals surface area contributed by atoms with Crippen LogP contribution in [0.2, 0.25) is 0 Å². The first kappa shape index (κ1) is 13.0. The number of aromatic nitrogens is 3. The molecule has 3 N–H and O–H groups in total. The molecular formula is C14H15ClN4O. The first-order valence-corrected chi connectivity index (χ1v) is 7.08. The maximum absolute atomic E-state index is 12.1. The van der Waals surface area contributed by atoms with Gasteiger partial charge < -0.3 is 10.7 Å². The molecule has 0 atom stereocenters. The van der Waals surface area contributed by atoms with E-state index in [-0.39, 0.29) is 5.69 Å². The molecule has 20 heavy (non-hydrogen) atoms. The molecule has 1 aromatic carbocycles. The van der Waals surface area contributed by atoms with Crippen molar-refractivity contribution in [1.82, 2.24) is 14.5 Å². The number of hydrogen-bond donors (Lipinski definition) is 2. The van der Waals surface area contributed by atoms with Crippen LogP contribution in [-0.2, 0) is 6.54 Å². The van der Waals surface area contributed by atoms with E-state index in [4.69, 9.17) is 17.3 Å².